The van der Waals surface area contributed by atoms with Gasteiger partial charge in [0.1, 0.15) is 5.82 Å². The van der Waals surface area contributed by atoms with Crippen molar-refractivity contribution in [3.05, 3.63) is 30.1 Å². The first-order chi connectivity index (χ1) is 6.74. The average Bonchev–Trinajstić information content (AvgIpc) is 2.16. The molecule has 2 heteroatoms. The lowest BCUT2D eigenvalue weighted by atomic mass is 10.4. The van der Waals surface area contributed by atoms with Gasteiger partial charge in [-0.25, -0.2) is 4.39 Å². The highest BCUT2D eigenvalue weighted by Crippen LogP contribution is 2.18. The molecule has 0 spiro atoms. The van der Waals surface area contributed by atoms with Crippen molar-refractivity contribution in [2.24, 2.45) is 0 Å². The first-order valence-corrected chi connectivity index (χ1v) is 6.11. The summed E-state index contributed by atoms with van der Waals surface area (Å²) < 4.78 is 12.6. The molecule has 0 saturated heterocycles. The predicted octanol–water partition coefficient (Wildman–Crippen LogP) is 4.74. The van der Waals surface area contributed by atoms with E-state index >= 15 is 0 Å². The molecule has 0 heterocycles. The first-order valence-electron chi connectivity index (χ1n) is 5.12. The van der Waals surface area contributed by atoms with Gasteiger partial charge in [-0.15, -0.1) is 11.8 Å². The van der Waals surface area contributed by atoms with E-state index in [1.54, 1.807) is 23.9 Å². The van der Waals surface area contributed by atoms with E-state index in [0.717, 1.165) is 17.1 Å². The van der Waals surface area contributed by atoms with Crippen molar-refractivity contribution in [1.82, 2.24) is 0 Å². The molecule has 0 saturated carbocycles. The zero-order chi connectivity index (χ0) is 10.8. The molecule has 0 N–H and O–H groups in total. The molecule has 80 valence electrons. The van der Waals surface area contributed by atoms with E-state index in [9.17, 15) is 4.39 Å². The van der Waals surface area contributed by atoms with E-state index < -0.39 is 0 Å². The number of hydrogen-bond acceptors (Lipinski definition) is 1. The van der Waals surface area contributed by atoms with Crippen LogP contribution in [-0.4, -0.2) is 5.75 Å². The Morgan fingerprint density at radius 1 is 1.21 bits per heavy atom. The maximum absolute atomic E-state index is 12.6. The minimum absolute atomic E-state index is 0.147. The minimum Gasteiger partial charge on any atom is -0.207 e. The second-order valence-corrected chi connectivity index (χ2v) is 4.18. The predicted molar refractivity (Wildman–Crippen MR) is 63.4 cm³/mol. The Morgan fingerprint density at radius 3 is 2.36 bits per heavy atom. The van der Waals surface area contributed by atoms with Crippen LogP contribution in [0.3, 0.4) is 0 Å². The molecular formula is C12H19FS. The Morgan fingerprint density at radius 2 is 1.86 bits per heavy atom. The smallest absolute Gasteiger partial charge is 0.124 e. The summed E-state index contributed by atoms with van der Waals surface area (Å²) in [4.78, 5) is 1.02. The van der Waals surface area contributed by atoms with E-state index in [2.05, 4.69) is 20.8 Å². The van der Waals surface area contributed by atoms with Crippen LogP contribution in [0.5, 0.6) is 0 Å². The highest BCUT2D eigenvalue weighted by molar-refractivity contribution is 7.99. The van der Waals surface area contributed by atoms with Crippen molar-refractivity contribution < 1.29 is 4.39 Å². The standard InChI is InChI=1S/C9H11FS.C3H8/c1-2-6-11-9-5-3-4-8(10)7-9;1-3-2/h3-5,7H,2,6H2,1H3;3H2,1-2H3. The zero-order valence-electron chi connectivity index (χ0n) is 9.22. The summed E-state index contributed by atoms with van der Waals surface area (Å²) in [5, 5.41) is 0. The summed E-state index contributed by atoms with van der Waals surface area (Å²) in [6.45, 7) is 6.37. The fourth-order valence-corrected chi connectivity index (χ4v) is 1.59. The quantitative estimate of drug-likeness (QED) is 0.655. The van der Waals surface area contributed by atoms with Crippen LogP contribution in [0.25, 0.3) is 0 Å². The van der Waals surface area contributed by atoms with Crippen molar-refractivity contribution >= 4 is 11.8 Å². The Balaban J connectivity index is 0.000000500. The first kappa shape index (κ1) is 13.5. The van der Waals surface area contributed by atoms with Crippen molar-refractivity contribution in [2.75, 3.05) is 5.75 Å². The highest BCUT2D eigenvalue weighted by Gasteiger charge is 1.93. The van der Waals surface area contributed by atoms with E-state index in [1.807, 2.05) is 6.07 Å². The van der Waals surface area contributed by atoms with Crippen LogP contribution < -0.4 is 0 Å². The van der Waals surface area contributed by atoms with E-state index in [-0.39, 0.29) is 5.82 Å². The van der Waals surface area contributed by atoms with Crippen LogP contribution in [0.15, 0.2) is 29.2 Å². The SMILES string of the molecule is CCC.CCCSc1cccc(F)c1. The lowest BCUT2D eigenvalue weighted by Gasteiger charge is -1.97. The van der Waals surface area contributed by atoms with Crippen molar-refractivity contribution in [2.45, 2.75) is 38.5 Å². The third-order valence-corrected chi connectivity index (χ3v) is 2.47. The summed E-state index contributed by atoms with van der Waals surface area (Å²) in [5.74, 6) is 0.912. The molecule has 0 aliphatic rings. The molecule has 0 aliphatic carbocycles. The van der Waals surface area contributed by atoms with Gasteiger partial charge in [0, 0.05) is 4.90 Å². The maximum atomic E-state index is 12.6. The van der Waals surface area contributed by atoms with Gasteiger partial charge in [0.25, 0.3) is 0 Å². The number of rotatable bonds is 3. The largest absolute Gasteiger partial charge is 0.207 e. The van der Waals surface area contributed by atoms with Crippen LogP contribution in [0.1, 0.15) is 33.6 Å². The van der Waals surface area contributed by atoms with Gasteiger partial charge < -0.3 is 0 Å². The minimum atomic E-state index is -0.147. The molecule has 1 aromatic rings. The molecule has 0 aromatic heterocycles. The Hall–Kier alpha value is -0.500. The van der Waals surface area contributed by atoms with E-state index in [0.29, 0.717) is 0 Å². The highest BCUT2D eigenvalue weighted by atomic mass is 32.2. The lowest BCUT2D eigenvalue weighted by molar-refractivity contribution is 0.624. The Kier molecular flexibility index (Phi) is 8.75. The molecule has 14 heavy (non-hydrogen) atoms. The monoisotopic (exact) mass is 214 g/mol. The van der Waals surface area contributed by atoms with Crippen LogP contribution in [0.4, 0.5) is 4.39 Å². The molecule has 0 atom stereocenters. The second-order valence-electron chi connectivity index (χ2n) is 3.01. The van der Waals surface area contributed by atoms with Crippen molar-refractivity contribution in [1.29, 1.82) is 0 Å². The molecule has 0 nitrogen and oxygen atoms in total. The molecule has 0 radical (unpaired) electrons. The van der Waals surface area contributed by atoms with E-state index in [4.69, 9.17) is 0 Å². The molecule has 0 bridgehead atoms. The number of thioether (sulfide) groups is 1. The number of hydrogen-bond donors (Lipinski definition) is 0. The van der Waals surface area contributed by atoms with Gasteiger partial charge >= 0.3 is 0 Å². The van der Waals surface area contributed by atoms with Gasteiger partial charge in [-0.05, 0) is 30.4 Å². The van der Waals surface area contributed by atoms with Crippen LogP contribution >= 0.6 is 11.8 Å². The van der Waals surface area contributed by atoms with Gasteiger partial charge in [0.05, 0.1) is 0 Å². The average molecular weight is 214 g/mol. The number of benzene rings is 1. The molecule has 0 fully saturated rings. The third kappa shape index (κ3) is 6.96. The summed E-state index contributed by atoms with van der Waals surface area (Å²) in [6, 6.07) is 6.72. The fourth-order valence-electron chi connectivity index (χ4n) is 0.777. The van der Waals surface area contributed by atoms with Crippen molar-refractivity contribution in [3.63, 3.8) is 0 Å². The fraction of sp³-hybridized carbons (Fsp3) is 0.500. The van der Waals surface area contributed by atoms with Gasteiger partial charge in [-0.1, -0.05) is 33.3 Å². The molecule has 0 unspecified atom stereocenters. The molecular weight excluding hydrogens is 195 g/mol. The summed E-state index contributed by atoms with van der Waals surface area (Å²) >= 11 is 1.69. The molecule has 0 amide bonds. The van der Waals surface area contributed by atoms with Gasteiger partial charge in [-0.2, -0.15) is 0 Å². The lowest BCUT2D eigenvalue weighted by Crippen LogP contribution is -1.77. The van der Waals surface area contributed by atoms with Gasteiger partial charge in [0.2, 0.25) is 0 Å². The van der Waals surface area contributed by atoms with Crippen molar-refractivity contribution in [3.8, 4) is 0 Å². The van der Waals surface area contributed by atoms with Gasteiger partial charge in [-0.3, -0.25) is 0 Å². The van der Waals surface area contributed by atoms with Gasteiger partial charge in [0.15, 0.2) is 0 Å². The molecule has 1 rings (SSSR count). The van der Waals surface area contributed by atoms with E-state index in [1.165, 1.54) is 12.5 Å². The van der Waals surface area contributed by atoms with Crippen LogP contribution in [0, 0.1) is 5.82 Å². The Bertz CT molecular complexity index is 236. The summed E-state index contributed by atoms with van der Waals surface area (Å²) in [6.07, 6.45) is 2.38. The third-order valence-electron chi connectivity index (χ3n) is 1.27. The second kappa shape index (κ2) is 9.07. The summed E-state index contributed by atoms with van der Waals surface area (Å²) in [7, 11) is 0. The molecule has 1 aromatic carbocycles. The summed E-state index contributed by atoms with van der Waals surface area (Å²) in [5.41, 5.74) is 0. The normalized spacial score (nSPS) is 9.14. The maximum Gasteiger partial charge on any atom is 0.124 e. The topological polar surface area (TPSA) is 0 Å². The zero-order valence-corrected chi connectivity index (χ0v) is 10.0. The number of halogens is 1. The Labute approximate surface area is 90.9 Å². The van der Waals surface area contributed by atoms with Crippen LogP contribution in [-0.2, 0) is 0 Å². The molecule has 0 aliphatic heterocycles. The van der Waals surface area contributed by atoms with Crippen LogP contribution in [0.2, 0.25) is 0 Å².